The molecule has 3 amide bonds. The fourth-order valence-electron chi connectivity index (χ4n) is 4.73. The Balaban J connectivity index is 1.33. The molecular formula is C24H25FN6O2. The second kappa shape index (κ2) is 8.31. The smallest absolute Gasteiger partial charge is 0.321 e. The normalized spacial score (nSPS) is 17.2. The van der Waals surface area contributed by atoms with E-state index < -0.39 is 11.4 Å². The number of hydrogen-bond donors (Lipinski definition) is 1. The van der Waals surface area contributed by atoms with Gasteiger partial charge >= 0.3 is 6.03 Å². The highest BCUT2D eigenvalue weighted by Gasteiger charge is 2.46. The molecule has 0 bridgehead atoms. The van der Waals surface area contributed by atoms with E-state index in [1.807, 2.05) is 29.8 Å². The maximum absolute atomic E-state index is 13.4. The molecule has 5 rings (SSSR count). The van der Waals surface area contributed by atoms with Crippen LogP contribution >= 0.6 is 0 Å². The summed E-state index contributed by atoms with van der Waals surface area (Å²) in [5.74, 6) is 0.444. The van der Waals surface area contributed by atoms with Crippen LogP contribution in [0.3, 0.4) is 0 Å². The first kappa shape index (κ1) is 21.1. The van der Waals surface area contributed by atoms with Gasteiger partial charge in [0.15, 0.2) is 0 Å². The summed E-state index contributed by atoms with van der Waals surface area (Å²) in [4.78, 5) is 33.5. The summed E-state index contributed by atoms with van der Waals surface area (Å²) in [6.07, 6.45) is 5.02. The monoisotopic (exact) mass is 448 g/mol. The van der Waals surface area contributed by atoms with Crippen LogP contribution in [0.1, 0.15) is 30.5 Å². The van der Waals surface area contributed by atoms with Gasteiger partial charge in [0.25, 0.3) is 0 Å². The molecule has 33 heavy (non-hydrogen) atoms. The Hall–Kier alpha value is -3.75. The Morgan fingerprint density at radius 2 is 1.91 bits per heavy atom. The van der Waals surface area contributed by atoms with Crippen LogP contribution in [0.5, 0.6) is 0 Å². The van der Waals surface area contributed by atoms with Crippen molar-refractivity contribution in [2.75, 3.05) is 23.3 Å². The van der Waals surface area contributed by atoms with Gasteiger partial charge in [0.2, 0.25) is 5.91 Å². The fourth-order valence-corrected chi connectivity index (χ4v) is 4.73. The second-order valence-electron chi connectivity index (χ2n) is 8.72. The van der Waals surface area contributed by atoms with Crippen LogP contribution in [-0.2, 0) is 16.9 Å². The third-order valence-electron chi connectivity index (χ3n) is 6.47. The number of carbonyl (C=O) groups is 2. The number of halogens is 1. The molecule has 1 saturated heterocycles. The van der Waals surface area contributed by atoms with E-state index in [1.165, 1.54) is 12.1 Å². The first-order valence-corrected chi connectivity index (χ1v) is 11.0. The van der Waals surface area contributed by atoms with E-state index in [0.29, 0.717) is 44.6 Å². The van der Waals surface area contributed by atoms with Crippen molar-refractivity contribution < 1.29 is 14.0 Å². The van der Waals surface area contributed by atoms with E-state index in [-0.39, 0.29) is 11.9 Å². The Labute approximate surface area is 191 Å². The van der Waals surface area contributed by atoms with Gasteiger partial charge in [0, 0.05) is 37.2 Å². The summed E-state index contributed by atoms with van der Waals surface area (Å²) in [7, 11) is 0. The summed E-state index contributed by atoms with van der Waals surface area (Å²) in [5, 5.41) is 7.51. The molecule has 0 aliphatic carbocycles. The summed E-state index contributed by atoms with van der Waals surface area (Å²) >= 11 is 0. The van der Waals surface area contributed by atoms with E-state index in [0.717, 1.165) is 17.1 Å². The largest absolute Gasteiger partial charge is 0.324 e. The predicted molar refractivity (Wildman–Crippen MR) is 121 cm³/mol. The minimum atomic E-state index is -0.453. The molecule has 0 radical (unpaired) electrons. The number of anilines is 2. The number of amides is 3. The lowest BCUT2D eigenvalue weighted by atomic mass is 9.82. The first-order valence-electron chi connectivity index (χ1n) is 11.0. The predicted octanol–water partition coefficient (Wildman–Crippen LogP) is 3.69. The van der Waals surface area contributed by atoms with Gasteiger partial charge in [-0.15, -0.1) is 0 Å². The number of benzene rings is 1. The molecule has 2 aliphatic rings. The lowest BCUT2D eigenvalue weighted by Crippen LogP contribution is -2.55. The van der Waals surface area contributed by atoms with Crippen LogP contribution in [0.15, 0.2) is 54.9 Å². The molecule has 2 aliphatic heterocycles. The van der Waals surface area contributed by atoms with Crippen molar-refractivity contribution in [3.8, 4) is 0 Å². The van der Waals surface area contributed by atoms with Crippen LogP contribution < -0.4 is 10.2 Å². The number of piperidine rings is 1. The van der Waals surface area contributed by atoms with Crippen molar-refractivity contribution in [2.24, 2.45) is 0 Å². The number of hydrogen-bond acceptors (Lipinski definition) is 4. The number of rotatable bonds is 3. The highest BCUT2D eigenvalue weighted by molar-refractivity contribution is 5.95. The van der Waals surface area contributed by atoms with E-state index in [9.17, 15) is 14.0 Å². The highest BCUT2D eigenvalue weighted by Crippen LogP contribution is 2.42. The van der Waals surface area contributed by atoms with Crippen molar-refractivity contribution in [3.05, 3.63) is 71.9 Å². The van der Waals surface area contributed by atoms with Crippen molar-refractivity contribution >= 4 is 23.4 Å². The molecule has 3 aromatic rings. The Morgan fingerprint density at radius 1 is 1.15 bits per heavy atom. The number of urea groups is 1. The minimum absolute atomic E-state index is 0.0527. The van der Waals surface area contributed by atoms with Crippen LogP contribution in [-0.4, -0.2) is 44.7 Å². The van der Waals surface area contributed by atoms with Gasteiger partial charge in [-0.25, -0.2) is 13.9 Å². The van der Waals surface area contributed by atoms with Gasteiger partial charge in [0.05, 0.1) is 24.2 Å². The third-order valence-corrected chi connectivity index (χ3v) is 6.47. The zero-order chi connectivity index (χ0) is 23.0. The van der Waals surface area contributed by atoms with E-state index >= 15 is 0 Å². The number of nitrogens with one attached hydrogen (secondary N) is 1. The molecule has 1 fully saturated rings. The van der Waals surface area contributed by atoms with Gasteiger partial charge < -0.3 is 10.2 Å². The van der Waals surface area contributed by atoms with Crippen LogP contribution in [0, 0.1) is 12.7 Å². The highest BCUT2D eigenvalue weighted by atomic mass is 19.1. The van der Waals surface area contributed by atoms with E-state index in [1.54, 1.807) is 34.3 Å². The fraction of sp³-hybridized carbons (Fsp3) is 0.333. The summed E-state index contributed by atoms with van der Waals surface area (Å²) in [6.45, 7) is 3.36. The number of aromatic nitrogens is 3. The SMILES string of the molecule is Cc1cc2n(n1)C1(CCN(C(=O)Nc3cccc(F)c3)CC1)CC(=O)N2Cc1ccncc1. The number of nitrogens with zero attached hydrogens (tertiary/aromatic N) is 5. The van der Waals surface area contributed by atoms with Gasteiger partial charge in [-0.3, -0.25) is 14.7 Å². The molecular weight excluding hydrogens is 423 g/mol. The van der Waals surface area contributed by atoms with Gasteiger partial charge in [-0.1, -0.05) is 6.07 Å². The third kappa shape index (κ3) is 4.06. The standard InChI is InChI=1S/C24H25FN6O2/c1-17-13-21-30(16-18-5-9-26-10-6-18)22(32)15-24(31(21)28-17)7-11-29(12-8-24)23(33)27-20-4-2-3-19(25)14-20/h2-6,9-10,13-14H,7-8,11-12,15-16H2,1H3,(H,27,33). The molecule has 0 atom stereocenters. The summed E-state index contributed by atoms with van der Waals surface area (Å²) in [5.41, 5.74) is 1.82. The molecule has 1 spiro atoms. The number of fused-ring (bicyclic) bond motifs is 2. The zero-order valence-corrected chi connectivity index (χ0v) is 18.4. The van der Waals surface area contributed by atoms with Crippen LogP contribution in [0.2, 0.25) is 0 Å². The van der Waals surface area contributed by atoms with Gasteiger partial charge in [-0.2, -0.15) is 5.10 Å². The van der Waals surface area contributed by atoms with Crippen molar-refractivity contribution in [3.63, 3.8) is 0 Å². The molecule has 1 aromatic carbocycles. The molecule has 8 nitrogen and oxygen atoms in total. The van der Waals surface area contributed by atoms with Crippen molar-refractivity contribution in [2.45, 2.75) is 38.3 Å². The zero-order valence-electron chi connectivity index (χ0n) is 18.4. The van der Waals surface area contributed by atoms with Gasteiger partial charge in [-0.05, 0) is 55.7 Å². The first-order chi connectivity index (χ1) is 15.9. The number of aryl methyl sites for hydroxylation is 1. The Kier molecular flexibility index (Phi) is 5.32. The quantitative estimate of drug-likeness (QED) is 0.663. The van der Waals surface area contributed by atoms with E-state index in [4.69, 9.17) is 5.10 Å². The molecule has 0 saturated carbocycles. The van der Waals surface area contributed by atoms with E-state index in [2.05, 4.69) is 10.3 Å². The number of likely N-dealkylation sites (tertiary alicyclic amines) is 1. The van der Waals surface area contributed by atoms with Crippen LogP contribution in [0.4, 0.5) is 20.7 Å². The molecule has 170 valence electrons. The number of pyridine rings is 1. The van der Waals surface area contributed by atoms with Crippen molar-refractivity contribution in [1.29, 1.82) is 0 Å². The summed E-state index contributed by atoms with van der Waals surface area (Å²) in [6, 6.07) is 11.3. The second-order valence-corrected chi connectivity index (χ2v) is 8.72. The molecule has 2 aromatic heterocycles. The molecule has 0 unspecified atom stereocenters. The average molecular weight is 449 g/mol. The minimum Gasteiger partial charge on any atom is -0.324 e. The lowest BCUT2D eigenvalue weighted by Gasteiger charge is -2.46. The molecule has 9 heteroatoms. The average Bonchev–Trinajstić information content (AvgIpc) is 3.20. The summed E-state index contributed by atoms with van der Waals surface area (Å²) < 4.78 is 15.4. The maximum Gasteiger partial charge on any atom is 0.321 e. The topological polar surface area (TPSA) is 83.4 Å². The molecule has 4 heterocycles. The maximum atomic E-state index is 13.4. The molecule has 1 N–H and O–H groups in total. The van der Waals surface area contributed by atoms with Gasteiger partial charge in [0.1, 0.15) is 11.6 Å². The van der Waals surface area contributed by atoms with Crippen molar-refractivity contribution in [1.82, 2.24) is 19.7 Å². The number of carbonyl (C=O) groups excluding carboxylic acids is 2. The van der Waals surface area contributed by atoms with Crippen LogP contribution in [0.25, 0.3) is 0 Å². The Morgan fingerprint density at radius 3 is 2.64 bits per heavy atom. The Bertz CT molecular complexity index is 1190. The lowest BCUT2D eigenvalue weighted by molar-refractivity contribution is -0.123.